The summed E-state index contributed by atoms with van der Waals surface area (Å²) in [6.45, 7) is 0.270. The third-order valence-corrected chi connectivity index (χ3v) is 4.18. The predicted molar refractivity (Wildman–Crippen MR) is 81.3 cm³/mol. The van der Waals surface area contributed by atoms with Crippen molar-refractivity contribution in [2.45, 2.75) is 17.5 Å². The van der Waals surface area contributed by atoms with Gasteiger partial charge in [-0.05, 0) is 29.8 Å². The van der Waals surface area contributed by atoms with E-state index in [0.717, 1.165) is 21.8 Å². The number of fused-ring (bicyclic) bond motifs is 1. The normalized spacial score (nSPS) is 10.7. The van der Waals surface area contributed by atoms with E-state index >= 15 is 0 Å². The smallest absolute Gasteiger partial charge is 0.170 e. The summed E-state index contributed by atoms with van der Waals surface area (Å²) in [6, 6.07) is 16.4. The highest BCUT2D eigenvalue weighted by Crippen LogP contribution is 2.26. The molecule has 0 atom stereocenters. The molecule has 5 heteroatoms. The van der Waals surface area contributed by atoms with E-state index in [1.807, 2.05) is 28.8 Å². The van der Waals surface area contributed by atoms with Gasteiger partial charge in [0.05, 0.1) is 17.1 Å². The van der Waals surface area contributed by atoms with Crippen molar-refractivity contribution >= 4 is 22.8 Å². The van der Waals surface area contributed by atoms with E-state index in [1.54, 1.807) is 23.9 Å². The Balaban J connectivity index is 1.87. The lowest BCUT2D eigenvalue weighted by Gasteiger charge is -2.04. The van der Waals surface area contributed by atoms with E-state index in [4.69, 9.17) is 5.26 Å². The third-order valence-electron chi connectivity index (χ3n) is 3.13. The van der Waals surface area contributed by atoms with Crippen LogP contribution in [-0.2, 0) is 12.3 Å². The summed E-state index contributed by atoms with van der Waals surface area (Å²) in [5, 5.41) is 9.80. The van der Waals surface area contributed by atoms with Crippen LogP contribution in [0.5, 0.6) is 0 Å². The predicted octanol–water partition coefficient (Wildman–Crippen LogP) is 3.99. The number of thioether (sulfide) groups is 1. The first-order valence-corrected chi connectivity index (χ1v) is 7.46. The minimum atomic E-state index is -0.236. The molecular weight excluding hydrogens is 285 g/mol. The maximum absolute atomic E-state index is 12.9. The number of benzene rings is 2. The summed E-state index contributed by atoms with van der Waals surface area (Å²) in [5.74, 6) is 0.454. The molecule has 3 rings (SSSR count). The Bertz CT molecular complexity index is 802. The van der Waals surface area contributed by atoms with Crippen molar-refractivity contribution < 1.29 is 4.39 Å². The molecule has 1 heterocycles. The van der Waals surface area contributed by atoms with E-state index in [1.165, 1.54) is 12.1 Å². The van der Waals surface area contributed by atoms with Gasteiger partial charge in [-0.15, -0.1) is 0 Å². The molecule has 0 aliphatic carbocycles. The van der Waals surface area contributed by atoms with Crippen molar-refractivity contribution in [2.75, 3.05) is 0 Å². The second-order valence-electron chi connectivity index (χ2n) is 4.54. The molecule has 0 unspecified atom stereocenters. The summed E-state index contributed by atoms with van der Waals surface area (Å²) in [5.41, 5.74) is 2.87. The molecule has 1 aromatic heterocycles. The number of hydrogen-bond donors (Lipinski definition) is 0. The van der Waals surface area contributed by atoms with Gasteiger partial charge < -0.3 is 4.57 Å². The van der Waals surface area contributed by atoms with E-state index in [9.17, 15) is 4.39 Å². The van der Waals surface area contributed by atoms with Crippen molar-refractivity contribution in [3.05, 3.63) is 59.9 Å². The molecule has 2 aromatic carbocycles. The second-order valence-corrected chi connectivity index (χ2v) is 5.48. The van der Waals surface area contributed by atoms with Crippen molar-refractivity contribution in [1.29, 1.82) is 5.26 Å². The zero-order valence-corrected chi connectivity index (χ0v) is 12.0. The quantitative estimate of drug-likeness (QED) is 0.684. The number of nitriles is 1. The lowest BCUT2D eigenvalue weighted by molar-refractivity contribution is 0.627. The van der Waals surface area contributed by atoms with Crippen LogP contribution in [0.25, 0.3) is 11.0 Å². The highest BCUT2D eigenvalue weighted by atomic mass is 32.2. The van der Waals surface area contributed by atoms with E-state index in [0.29, 0.717) is 5.75 Å². The van der Waals surface area contributed by atoms with Crippen LogP contribution in [0.15, 0.2) is 53.7 Å². The van der Waals surface area contributed by atoms with Gasteiger partial charge in [0, 0.05) is 5.75 Å². The van der Waals surface area contributed by atoms with Crippen molar-refractivity contribution in [2.24, 2.45) is 0 Å². The Kier molecular flexibility index (Phi) is 3.89. The van der Waals surface area contributed by atoms with E-state index < -0.39 is 0 Å². The Morgan fingerprint density at radius 1 is 1.14 bits per heavy atom. The summed E-state index contributed by atoms with van der Waals surface area (Å²) < 4.78 is 14.8. The summed E-state index contributed by atoms with van der Waals surface area (Å²) in [6.07, 6.45) is 0. The second kappa shape index (κ2) is 5.98. The summed E-state index contributed by atoms with van der Waals surface area (Å²) >= 11 is 1.55. The zero-order valence-electron chi connectivity index (χ0n) is 11.2. The van der Waals surface area contributed by atoms with Gasteiger partial charge in [-0.2, -0.15) is 5.26 Å². The number of rotatable bonds is 4. The monoisotopic (exact) mass is 297 g/mol. The molecule has 0 saturated heterocycles. The van der Waals surface area contributed by atoms with Crippen LogP contribution >= 0.6 is 11.8 Å². The van der Waals surface area contributed by atoms with E-state index in [-0.39, 0.29) is 12.4 Å². The van der Waals surface area contributed by atoms with Crippen LogP contribution in [-0.4, -0.2) is 9.55 Å². The van der Waals surface area contributed by atoms with Gasteiger partial charge in [-0.1, -0.05) is 36.0 Å². The van der Waals surface area contributed by atoms with Gasteiger partial charge in [0.15, 0.2) is 5.16 Å². The lowest BCUT2D eigenvalue weighted by Crippen LogP contribution is -1.97. The number of para-hydroxylation sites is 2. The number of nitrogens with zero attached hydrogens (tertiary/aromatic N) is 3. The largest absolute Gasteiger partial charge is 0.305 e. The first-order chi connectivity index (χ1) is 10.3. The molecule has 0 saturated carbocycles. The van der Waals surface area contributed by atoms with Crippen LogP contribution in [0.3, 0.4) is 0 Å². The Labute approximate surface area is 126 Å². The topological polar surface area (TPSA) is 41.6 Å². The highest BCUT2D eigenvalue weighted by Gasteiger charge is 2.10. The highest BCUT2D eigenvalue weighted by molar-refractivity contribution is 7.98. The minimum Gasteiger partial charge on any atom is -0.305 e. The molecule has 3 aromatic rings. The molecule has 21 heavy (non-hydrogen) atoms. The maximum atomic E-state index is 12.9. The molecule has 0 fully saturated rings. The van der Waals surface area contributed by atoms with Gasteiger partial charge >= 0.3 is 0 Å². The molecule has 0 bridgehead atoms. The maximum Gasteiger partial charge on any atom is 0.170 e. The van der Waals surface area contributed by atoms with Crippen molar-refractivity contribution in [3.63, 3.8) is 0 Å². The summed E-state index contributed by atoms with van der Waals surface area (Å²) in [7, 11) is 0. The third kappa shape index (κ3) is 2.91. The minimum absolute atomic E-state index is 0.236. The van der Waals surface area contributed by atoms with Crippen LogP contribution in [0.4, 0.5) is 4.39 Å². The number of imidazole rings is 1. The molecule has 104 valence electrons. The number of halogens is 1. The number of hydrogen-bond acceptors (Lipinski definition) is 3. The fraction of sp³-hybridized carbons (Fsp3) is 0.125. The standard InChI is InChI=1S/C16H12FN3S/c17-13-7-5-12(6-8-13)11-21-16-19-14-3-1-2-4-15(14)20(16)10-9-18/h1-8H,10-11H2. The van der Waals surface area contributed by atoms with Crippen LogP contribution < -0.4 is 0 Å². The Hall–Kier alpha value is -2.32. The number of aromatic nitrogens is 2. The first-order valence-electron chi connectivity index (χ1n) is 6.47. The summed E-state index contributed by atoms with van der Waals surface area (Å²) in [4.78, 5) is 4.56. The molecule has 0 aliphatic heterocycles. The fourth-order valence-corrected chi connectivity index (χ4v) is 3.09. The van der Waals surface area contributed by atoms with Gasteiger partial charge in [-0.25, -0.2) is 9.37 Å². The molecule has 0 amide bonds. The molecule has 0 aliphatic rings. The molecular formula is C16H12FN3S. The SMILES string of the molecule is N#CCn1c(SCc2ccc(F)cc2)nc2ccccc21. The van der Waals surface area contributed by atoms with Gasteiger partial charge in [0.25, 0.3) is 0 Å². The fourth-order valence-electron chi connectivity index (χ4n) is 2.12. The Morgan fingerprint density at radius 3 is 2.67 bits per heavy atom. The average molecular weight is 297 g/mol. The average Bonchev–Trinajstić information content (AvgIpc) is 2.85. The van der Waals surface area contributed by atoms with Crippen LogP contribution in [0.1, 0.15) is 5.56 Å². The van der Waals surface area contributed by atoms with Crippen molar-refractivity contribution in [1.82, 2.24) is 9.55 Å². The van der Waals surface area contributed by atoms with Crippen LogP contribution in [0.2, 0.25) is 0 Å². The molecule has 0 spiro atoms. The van der Waals surface area contributed by atoms with Gasteiger partial charge in [0.1, 0.15) is 12.4 Å². The lowest BCUT2D eigenvalue weighted by atomic mass is 10.2. The molecule has 0 radical (unpaired) electrons. The zero-order chi connectivity index (χ0) is 14.7. The molecule has 0 N–H and O–H groups in total. The van der Waals surface area contributed by atoms with Gasteiger partial charge in [-0.3, -0.25) is 0 Å². The van der Waals surface area contributed by atoms with Gasteiger partial charge in [0.2, 0.25) is 0 Å². The van der Waals surface area contributed by atoms with Crippen molar-refractivity contribution in [3.8, 4) is 6.07 Å². The molecule has 3 nitrogen and oxygen atoms in total. The first kappa shape index (κ1) is 13.7. The van der Waals surface area contributed by atoms with E-state index in [2.05, 4.69) is 11.1 Å². The Morgan fingerprint density at radius 2 is 1.90 bits per heavy atom. The van der Waals surface area contributed by atoms with Crippen LogP contribution in [0, 0.1) is 17.1 Å².